The van der Waals surface area contributed by atoms with Gasteiger partial charge in [0.2, 0.25) is 0 Å². The molecule has 3 rings (SSSR count). The number of carbonyl (C=O) groups excluding carboxylic acids is 1. The summed E-state index contributed by atoms with van der Waals surface area (Å²) in [5, 5.41) is 10.2. The molecule has 1 saturated carbocycles. The molecule has 0 aliphatic heterocycles. The Hall–Kier alpha value is -1.89. The predicted molar refractivity (Wildman–Crippen MR) is 74.5 cm³/mol. The molecule has 1 aliphatic carbocycles. The zero-order valence-corrected chi connectivity index (χ0v) is 11.6. The second kappa shape index (κ2) is 4.34. The lowest BCUT2D eigenvalue weighted by Crippen LogP contribution is -2.14. The molecule has 7 heteroatoms. The van der Waals surface area contributed by atoms with E-state index in [9.17, 15) is 4.79 Å². The molecule has 0 spiro atoms. The van der Waals surface area contributed by atoms with Crippen molar-refractivity contribution in [1.29, 1.82) is 0 Å². The average molecular weight is 277 g/mol. The molecule has 2 heterocycles. The van der Waals surface area contributed by atoms with Crippen LogP contribution in [0.25, 0.3) is 0 Å². The van der Waals surface area contributed by atoms with Gasteiger partial charge in [0, 0.05) is 10.8 Å². The number of rotatable bonds is 3. The van der Waals surface area contributed by atoms with Gasteiger partial charge in [-0.15, -0.1) is 11.3 Å². The summed E-state index contributed by atoms with van der Waals surface area (Å²) >= 11 is 1.45. The van der Waals surface area contributed by atoms with Gasteiger partial charge < -0.3 is 5.73 Å². The average Bonchev–Trinajstić information content (AvgIpc) is 3.05. The van der Waals surface area contributed by atoms with E-state index < -0.39 is 0 Å². The minimum atomic E-state index is -0.311. The lowest BCUT2D eigenvalue weighted by molar-refractivity contribution is 0.102. The third kappa shape index (κ3) is 2.21. The fourth-order valence-electron chi connectivity index (χ4n) is 1.90. The van der Waals surface area contributed by atoms with Crippen molar-refractivity contribution in [3.63, 3.8) is 0 Å². The molecule has 2 aromatic heterocycles. The highest BCUT2D eigenvalue weighted by Crippen LogP contribution is 2.42. The molecule has 0 aromatic carbocycles. The first-order chi connectivity index (χ1) is 9.06. The Kier molecular flexibility index (Phi) is 2.78. The number of nitrogens with two attached hydrogens (primary N) is 1. The number of nitrogen functional groups attached to an aromatic ring is 1. The highest BCUT2D eigenvalue weighted by atomic mass is 32.1. The van der Waals surface area contributed by atoms with Gasteiger partial charge in [0.25, 0.3) is 5.91 Å². The second-order valence-electron chi connectivity index (χ2n) is 4.79. The molecule has 0 unspecified atom stereocenters. The minimum Gasteiger partial charge on any atom is -0.395 e. The maximum atomic E-state index is 12.1. The molecule has 0 atom stereocenters. The number of nitrogens with one attached hydrogen (secondary N) is 2. The molecule has 19 heavy (non-hydrogen) atoms. The maximum absolute atomic E-state index is 12.1. The van der Waals surface area contributed by atoms with E-state index in [1.54, 1.807) is 0 Å². The van der Waals surface area contributed by atoms with Crippen LogP contribution in [-0.2, 0) is 0 Å². The van der Waals surface area contributed by atoms with E-state index in [0.717, 1.165) is 29.1 Å². The smallest absolute Gasteiger partial charge is 0.280 e. The highest BCUT2D eigenvalue weighted by Gasteiger charge is 2.30. The Balaban J connectivity index is 1.80. The fraction of sp³-hybridized carbons (Fsp3) is 0.417. The van der Waals surface area contributed by atoms with Crippen molar-refractivity contribution < 1.29 is 4.79 Å². The van der Waals surface area contributed by atoms with Gasteiger partial charge in [0.15, 0.2) is 10.8 Å². The first-order valence-corrected chi connectivity index (χ1v) is 6.97. The van der Waals surface area contributed by atoms with Crippen molar-refractivity contribution in [2.75, 3.05) is 11.1 Å². The normalized spacial score (nSPS) is 14.6. The van der Waals surface area contributed by atoms with Crippen LogP contribution in [0.2, 0.25) is 0 Å². The van der Waals surface area contributed by atoms with E-state index in [2.05, 4.69) is 20.5 Å². The van der Waals surface area contributed by atoms with Gasteiger partial charge in [-0.1, -0.05) is 0 Å². The van der Waals surface area contributed by atoms with Crippen molar-refractivity contribution in [3.8, 4) is 0 Å². The van der Waals surface area contributed by atoms with Gasteiger partial charge >= 0.3 is 0 Å². The lowest BCUT2D eigenvalue weighted by atomic mass is 10.2. The van der Waals surface area contributed by atoms with Gasteiger partial charge in [0.1, 0.15) is 0 Å². The van der Waals surface area contributed by atoms with Gasteiger partial charge in [-0.3, -0.25) is 15.2 Å². The largest absolute Gasteiger partial charge is 0.395 e. The van der Waals surface area contributed by atoms with Crippen LogP contribution >= 0.6 is 11.3 Å². The molecule has 6 nitrogen and oxygen atoms in total. The predicted octanol–water partition coefficient (Wildman–Crippen LogP) is 2.19. The number of hydrogen-bond acceptors (Lipinski definition) is 5. The Morgan fingerprint density at radius 2 is 2.21 bits per heavy atom. The SMILES string of the molecule is Cc1nc(NC(=O)c2n[nH]c(C3CC3)c2N)sc1C. The molecule has 0 radical (unpaired) electrons. The molecule has 0 saturated heterocycles. The minimum absolute atomic E-state index is 0.257. The summed E-state index contributed by atoms with van der Waals surface area (Å²) in [4.78, 5) is 17.5. The number of aromatic amines is 1. The fourth-order valence-corrected chi connectivity index (χ4v) is 2.71. The number of aryl methyl sites for hydroxylation is 2. The van der Waals surface area contributed by atoms with E-state index >= 15 is 0 Å². The van der Waals surface area contributed by atoms with Crippen molar-refractivity contribution in [2.45, 2.75) is 32.6 Å². The van der Waals surface area contributed by atoms with Crippen LogP contribution in [-0.4, -0.2) is 21.1 Å². The molecular weight excluding hydrogens is 262 g/mol. The Bertz CT molecular complexity index is 621. The topological polar surface area (TPSA) is 96.7 Å². The number of hydrogen-bond donors (Lipinski definition) is 3. The van der Waals surface area contributed by atoms with Crippen LogP contribution in [0.4, 0.5) is 10.8 Å². The van der Waals surface area contributed by atoms with Gasteiger partial charge in [-0.25, -0.2) is 4.98 Å². The third-order valence-electron chi connectivity index (χ3n) is 3.28. The Morgan fingerprint density at radius 3 is 2.79 bits per heavy atom. The molecule has 2 aromatic rings. The number of aromatic nitrogens is 3. The number of thiazole rings is 1. The summed E-state index contributed by atoms with van der Waals surface area (Å²) in [6, 6.07) is 0. The summed E-state index contributed by atoms with van der Waals surface area (Å²) < 4.78 is 0. The van der Waals surface area contributed by atoms with E-state index in [4.69, 9.17) is 5.73 Å². The Morgan fingerprint density at radius 1 is 1.47 bits per heavy atom. The molecule has 4 N–H and O–H groups in total. The third-order valence-corrected chi connectivity index (χ3v) is 4.27. The summed E-state index contributed by atoms with van der Waals surface area (Å²) in [6.45, 7) is 3.88. The summed E-state index contributed by atoms with van der Waals surface area (Å²) in [7, 11) is 0. The van der Waals surface area contributed by atoms with Gasteiger partial charge in [-0.05, 0) is 26.7 Å². The standard InChI is InChI=1S/C12H15N5OS/c1-5-6(2)19-12(14-5)15-11(18)10-8(13)9(16-17-10)7-3-4-7/h7H,3-4,13H2,1-2H3,(H,16,17)(H,14,15,18). The van der Waals surface area contributed by atoms with Crippen molar-refractivity contribution in [1.82, 2.24) is 15.2 Å². The maximum Gasteiger partial charge on any atom is 0.280 e. The zero-order chi connectivity index (χ0) is 13.6. The van der Waals surface area contributed by atoms with Crippen LogP contribution in [0.15, 0.2) is 0 Å². The number of H-pyrrole nitrogens is 1. The highest BCUT2D eigenvalue weighted by molar-refractivity contribution is 7.15. The molecule has 0 bridgehead atoms. The number of anilines is 2. The summed E-state index contributed by atoms with van der Waals surface area (Å²) in [5.41, 5.74) is 8.49. The number of amides is 1. The van der Waals surface area contributed by atoms with Crippen LogP contribution in [0.1, 0.15) is 45.5 Å². The van der Waals surface area contributed by atoms with Crippen LogP contribution in [0, 0.1) is 13.8 Å². The molecule has 100 valence electrons. The summed E-state index contributed by atoms with van der Waals surface area (Å²) in [5.74, 6) is 0.132. The van der Waals surface area contributed by atoms with Gasteiger partial charge in [0.05, 0.1) is 17.1 Å². The molecule has 1 amide bonds. The first-order valence-electron chi connectivity index (χ1n) is 6.15. The van der Waals surface area contributed by atoms with E-state index in [1.165, 1.54) is 11.3 Å². The van der Waals surface area contributed by atoms with E-state index in [1.807, 2.05) is 13.8 Å². The molecule has 1 aliphatic rings. The van der Waals surface area contributed by atoms with Crippen molar-refractivity contribution in [3.05, 3.63) is 22.0 Å². The number of carbonyl (C=O) groups is 1. The molecule has 1 fully saturated rings. The van der Waals surface area contributed by atoms with Crippen molar-refractivity contribution in [2.24, 2.45) is 0 Å². The van der Waals surface area contributed by atoms with Crippen LogP contribution in [0.3, 0.4) is 0 Å². The lowest BCUT2D eigenvalue weighted by Gasteiger charge is -1.99. The molecular formula is C12H15N5OS. The van der Waals surface area contributed by atoms with E-state index in [0.29, 0.717) is 16.7 Å². The zero-order valence-electron chi connectivity index (χ0n) is 10.8. The van der Waals surface area contributed by atoms with Crippen LogP contribution < -0.4 is 11.1 Å². The van der Waals surface area contributed by atoms with E-state index in [-0.39, 0.29) is 11.6 Å². The summed E-state index contributed by atoms with van der Waals surface area (Å²) in [6.07, 6.45) is 2.22. The Labute approximate surface area is 114 Å². The monoisotopic (exact) mass is 277 g/mol. The first kappa shape index (κ1) is 12.2. The number of nitrogens with zero attached hydrogens (tertiary/aromatic N) is 2. The second-order valence-corrected chi connectivity index (χ2v) is 5.99. The van der Waals surface area contributed by atoms with Crippen LogP contribution in [0.5, 0.6) is 0 Å². The van der Waals surface area contributed by atoms with Crippen molar-refractivity contribution >= 4 is 28.1 Å². The quantitative estimate of drug-likeness (QED) is 0.801. The van der Waals surface area contributed by atoms with Gasteiger partial charge in [-0.2, -0.15) is 5.10 Å².